The Labute approximate surface area is 199 Å². The molecule has 5 nitrogen and oxygen atoms in total. The van der Waals surface area contributed by atoms with Gasteiger partial charge in [-0.3, -0.25) is 9.59 Å². The Hall–Kier alpha value is -2.40. The predicted molar refractivity (Wildman–Crippen MR) is 133 cm³/mol. The van der Waals surface area contributed by atoms with Crippen molar-refractivity contribution in [1.82, 2.24) is 4.90 Å². The molecule has 33 heavy (non-hydrogen) atoms. The molecular formula is C28H41NO4. The van der Waals surface area contributed by atoms with Gasteiger partial charge in [0.1, 0.15) is 0 Å². The van der Waals surface area contributed by atoms with Gasteiger partial charge in [-0.2, -0.15) is 0 Å². The van der Waals surface area contributed by atoms with Crippen LogP contribution in [0.25, 0.3) is 0 Å². The second-order valence-corrected chi connectivity index (χ2v) is 9.03. The van der Waals surface area contributed by atoms with E-state index >= 15 is 0 Å². The van der Waals surface area contributed by atoms with Gasteiger partial charge in [0.05, 0.1) is 19.3 Å². The van der Waals surface area contributed by atoms with Crippen molar-refractivity contribution in [3.8, 4) is 0 Å². The molecule has 0 unspecified atom stereocenters. The van der Waals surface area contributed by atoms with Crippen molar-refractivity contribution < 1.29 is 19.4 Å². The van der Waals surface area contributed by atoms with Crippen molar-refractivity contribution in [3.05, 3.63) is 60.2 Å². The lowest BCUT2D eigenvalue weighted by Crippen LogP contribution is -2.32. The number of carbonyl (C=O) groups excluding carboxylic acids is 2. The van der Waals surface area contributed by atoms with E-state index in [2.05, 4.69) is 35.9 Å². The Morgan fingerprint density at radius 2 is 1.97 bits per heavy atom. The molecule has 182 valence electrons. The molecule has 1 aliphatic rings. The molecule has 0 saturated carbocycles. The Morgan fingerprint density at radius 3 is 2.73 bits per heavy atom. The van der Waals surface area contributed by atoms with Gasteiger partial charge in [-0.15, -0.1) is 0 Å². The minimum absolute atomic E-state index is 0.0462. The molecule has 5 heteroatoms. The van der Waals surface area contributed by atoms with E-state index in [1.54, 1.807) is 0 Å². The number of unbranched alkanes of at least 4 members (excludes halogenated alkanes) is 3. The lowest BCUT2D eigenvalue weighted by atomic mass is 9.95. The van der Waals surface area contributed by atoms with E-state index in [1.165, 1.54) is 25.5 Å². The smallest absolute Gasteiger partial charge is 0.305 e. The van der Waals surface area contributed by atoms with Crippen LogP contribution in [0.15, 0.2) is 54.6 Å². The van der Waals surface area contributed by atoms with Gasteiger partial charge in [-0.25, -0.2) is 0 Å². The van der Waals surface area contributed by atoms with Crippen molar-refractivity contribution in [1.29, 1.82) is 0 Å². The summed E-state index contributed by atoms with van der Waals surface area (Å²) < 4.78 is 4.63. The molecule has 1 N–H and O–H groups in total. The van der Waals surface area contributed by atoms with Crippen LogP contribution in [0.5, 0.6) is 0 Å². The predicted octanol–water partition coefficient (Wildman–Crippen LogP) is 5.23. The third kappa shape index (κ3) is 10.4. The molecule has 0 aromatic heterocycles. The zero-order valence-corrected chi connectivity index (χ0v) is 20.3. The fraction of sp³-hybridized carbons (Fsp3) is 0.571. The number of allylic oxidation sites excluding steroid dienone is 1. The summed E-state index contributed by atoms with van der Waals surface area (Å²) in [4.78, 5) is 25.2. The van der Waals surface area contributed by atoms with Gasteiger partial charge in [0.15, 0.2) is 0 Å². The van der Waals surface area contributed by atoms with Crippen LogP contribution < -0.4 is 0 Å². The number of likely N-dealkylation sites (tertiary alicyclic amines) is 1. The van der Waals surface area contributed by atoms with Crippen molar-refractivity contribution in [2.45, 2.75) is 83.3 Å². The molecule has 1 heterocycles. The van der Waals surface area contributed by atoms with Gasteiger partial charge in [0.25, 0.3) is 0 Å². The number of carbonyl (C=O) groups is 2. The maximum atomic E-state index is 12.3. The van der Waals surface area contributed by atoms with Crippen LogP contribution in [0.3, 0.4) is 0 Å². The number of amides is 1. The number of aryl methyl sites for hydroxylation is 1. The first kappa shape index (κ1) is 26.8. The van der Waals surface area contributed by atoms with Gasteiger partial charge >= 0.3 is 5.97 Å². The first-order valence-corrected chi connectivity index (χ1v) is 12.4. The van der Waals surface area contributed by atoms with Crippen LogP contribution >= 0.6 is 0 Å². The van der Waals surface area contributed by atoms with Gasteiger partial charge < -0.3 is 14.7 Å². The lowest BCUT2D eigenvalue weighted by molar-refractivity contribution is -0.140. The number of aliphatic hydroxyl groups is 1. The molecule has 2 rings (SSSR count). The fourth-order valence-electron chi connectivity index (χ4n) is 4.18. The topological polar surface area (TPSA) is 66.8 Å². The summed E-state index contributed by atoms with van der Waals surface area (Å²) >= 11 is 0. The average Bonchev–Trinajstić information content (AvgIpc) is 3.18. The Kier molecular flexibility index (Phi) is 12.6. The van der Waals surface area contributed by atoms with Crippen LogP contribution in [0.4, 0.5) is 0 Å². The summed E-state index contributed by atoms with van der Waals surface area (Å²) in [7, 11) is 1.40. The zero-order chi connectivity index (χ0) is 23.9. The number of rotatable bonds is 15. The molecule has 1 amide bonds. The SMILES string of the molecule is COC(=O)CCCC=CCN1C(=O)CC[C@@H]1C=C[C@@H](O)[C@@H](C)CCCCCc1ccccc1. The lowest BCUT2D eigenvalue weighted by Gasteiger charge is -2.22. The highest BCUT2D eigenvalue weighted by Crippen LogP contribution is 2.21. The van der Waals surface area contributed by atoms with Crippen molar-refractivity contribution >= 4 is 11.9 Å². The Balaban J connectivity index is 1.66. The minimum Gasteiger partial charge on any atom is -0.469 e. The third-order valence-corrected chi connectivity index (χ3v) is 6.40. The molecular weight excluding hydrogens is 414 g/mol. The number of nitrogens with zero attached hydrogens (tertiary/aromatic N) is 1. The maximum Gasteiger partial charge on any atom is 0.305 e. The Bertz CT molecular complexity index is 758. The number of ether oxygens (including phenoxy) is 1. The van der Waals surface area contributed by atoms with Crippen molar-refractivity contribution in [2.24, 2.45) is 5.92 Å². The summed E-state index contributed by atoms with van der Waals surface area (Å²) in [5, 5.41) is 10.6. The second-order valence-electron chi connectivity index (χ2n) is 9.03. The van der Waals surface area contributed by atoms with E-state index in [1.807, 2.05) is 35.3 Å². The van der Waals surface area contributed by atoms with Gasteiger partial charge in [0, 0.05) is 19.4 Å². The molecule has 1 aromatic carbocycles. The summed E-state index contributed by atoms with van der Waals surface area (Å²) in [6.07, 6.45) is 16.3. The summed E-state index contributed by atoms with van der Waals surface area (Å²) in [6.45, 7) is 2.67. The maximum absolute atomic E-state index is 12.3. The highest BCUT2D eigenvalue weighted by Gasteiger charge is 2.28. The standard InChI is InChI=1S/C28H41NO4/c1-23(13-7-5-8-14-24-15-9-6-10-16-24)26(30)20-18-25-19-21-27(31)29(25)22-12-4-3-11-17-28(32)33-2/h4,6,9-10,12,15-16,18,20,23,25-26,30H,3,5,7-8,11,13-14,17,19,21-22H2,1-2H3/t23-,25-,26+/m0/s1. The zero-order valence-electron chi connectivity index (χ0n) is 20.3. The van der Waals surface area contributed by atoms with Crippen molar-refractivity contribution in [2.75, 3.05) is 13.7 Å². The number of benzene rings is 1. The number of aliphatic hydroxyl groups excluding tert-OH is 1. The largest absolute Gasteiger partial charge is 0.469 e. The Morgan fingerprint density at radius 1 is 1.18 bits per heavy atom. The van der Waals surface area contributed by atoms with E-state index in [9.17, 15) is 14.7 Å². The van der Waals surface area contributed by atoms with Crippen molar-refractivity contribution in [3.63, 3.8) is 0 Å². The molecule has 1 saturated heterocycles. The monoisotopic (exact) mass is 455 g/mol. The minimum atomic E-state index is -0.481. The van der Waals surface area contributed by atoms with Crippen LogP contribution in [0.2, 0.25) is 0 Å². The third-order valence-electron chi connectivity index (χ3n) is 6.40. The number of esters is 1. The van der Waals surface area contributed by atoms with Gasteiger partial charge in [0.2, 0.25) is 5.91 Å². The molecule has 3 atom stereocenters. The normalized spacial score (nSPS) is 18.3. The van der Waals surface area contributed by atoms with Crippen LogP contribution in [-0.2, 0) is 20.7 Å². The highest BCUT2D eigenvalue weighted by atomic mass is 16.5. The first-order valence-electron chi connectivity index (χ1n) is 12.4. The number of hydrogen-bond acceptors (Lipinski definition) is 4. The summed E-state index contributed by atoms with van der Waals surface area (Å²) in [6, 6.07) is 10.6. The number of hydrogen-bond donors (Lipinski definition) is 1. The van der Waals surface area contributed by atoms with E-state index in [0.29, 0.717) is 19.4 Å². The number of methoxy groups -OCH3 is 1. The highest BCUT2D eigenvalue weighted by molar-refractivity contribution is 5.79. The molecule has 0 aliphatic carbocycles. The van der Waals surface area contributed by atoms with Crippen LogP contribution in [-0.4, -0.2) is 47.7 Å². The van der Waals surface area contributed by atoms with Gasteiger partial charge in [-0.05, 0) is 50.0 Å². The average molecular weight is 456 g/mol. The molecule has 0 bridgehead atoms. The molecule has 1 aromatic rings. The molecule has 0 radical (unpaired) electrons. The molecule has 1 fully saturated rings. The van der Waals surface area contributed by atoms with Gasteiger partial charge in [-0.1, -0.05) is 74.4 Å². The second kappa shape index (κ2) is 15.4. The van der Waals surface area contributed by atoms with E-state index in [0.717, 1.165) is 38.5 Å². The molecule has 0 spiro atoms. The summed E-state index contributed by atoms with van der Waals surface area (Å²) in [5.41, 5.74) is 1.39. The first-order chi connectivity index (χ1) is 16.0. The summed E-state index contributed by atoms with van der Waals surface area (Å²) in [5.74, 6) is 0.173. The van der Waals surface area contributed by atoms with E-state index in [4.69, 9.17) is 0 Å². The molecule has 1 aliphatic heterocycles. The van der Waals surface area contributed by atoms with Crippen LogP contribution in [0.1, 0.15) is 70.3 Å². The van der Waals surface area contributed by atoms with E-state index < -0.39 is 6.10 Å². The quantitative estimate of drug-likeness (QED) is 0.223. The fourth-order valence-corrected chi connectivity index (χ4v) is 4.18. The van der Waals surface area contributed by atoms with E-state index in [-0.39, 0.29) is 23.8 Å². The van der Waals surface area contributed by atoms with Crippen LogP contribution in [0, 0.1) is 5.92 Å².